The minimum absolute atomic E-state index is 0.161. The highest BCUT2D eigenvalue weighted by atomic mass is 19.1. The summed E-state index contributed by atoms with van der Waals surface area (Å²) >= 11 is 0. The molecule has 6 nitrogen and oxygen atoms in total. The number of amides is 3. The molecule has 178 valence electrons. The van der Waals surface area contributed by atoms with Crippen LogP contribution in [0.15, 0.2) is 48.2 Å². The van der Waals surface area contributed by atoms with E-state index in [9.17, 15) is 23.2 Å². The molecular formula is C26H27F2N3O3. The van der Waals surface area contributed by atoms with Crippen molar-refractivity contribution in [1.82, 2.24) is 15.8 Å². The molecule has 1 unspecified atom stereocenters. The van der Waals surface area contributed by atoms with Crippen molar-refractivity contribution in [3.05, 3.63) is 76.5 Å². The van der Waals surface area contributed by atoms with Crippen molar-refractivity contribution in [2.45, 2.75) is 57.9 Å². The lowest BCUT2D eigenvalue weighted by Gasteiger charge is -2.31. The summed E-state index contributed by atoms with van der Waals surface area (Å²) in [6, 6.07) is 9.71. The van der Waals surface area contributed by atoms with E-state index in [1.165, 1.54) is 11.9 Å². The van der Waals surface area contributed by atoms with Crippen molar-refractivity contribution in [2.75, 3.05) is 0 Å². The first kappa shape index (κ1) is 23.6. The van der Waals surface area contributed by atoms with Crippen molar-refractivity contribution < 1.29 is 23.2 Å². The number of nitrogens with zero attached hydrogens (tertiary/aromatic N) is 1. The molecule has 0 radical (unpaired) electrons. The van der Waals surface area contributed by atoms with Gasteiger partial charge in [0, 0.05) is 11.8 Å². The van der Waals surface area contributed by atoms with Gasteiger partial charge in [-0.3, -0.25) is 19.8 Å². The maximum atomic E-state index is 13.4. The predicted molar refractivity (Wildman–Crippen MR) is 123 cm³/mol. The van der Waals surface area contributed by atoms with Gasteiger partial charge in [0.1, 0.15) is 17.7 Å². The van der Waals surface area contributed by atoms with Crippen LogP contribution in [-0.2, 0) is 20.8 Å². The molecule has 2 N–H and O–H groups in total. The van der Waals surface area contributed by atoms with Crippen LogP contribution in [-0.4, -0.2) is 28.8 Å². The van der Waals surface area contributed by atoms with Gasteiger partial charge in [0.25, 0.3) is 11.8 Å². The zero-order valence-electron chi connectivity index (χ0n) is 19.2. The van der Waals surface area contributed by atoms with E-state index >= 15 is 0 Å². The van der Waals surface area contributed by atoms with E-state index in [0.29, 0.717) is 6.42 Å². The van der Waals surface area contributed by atoms with Crippen molar-refractivity contribution >= 4 is 23.3 Å². The molecule has 0 spiro atoms. The largest absolute Gasteiger partial charge is 0.344 e. The van der Waals surface area contributed by atoms with Crippen LogP contribution in [0.4, 0.5) is 8.78 Å². The molecule has 3 amide bonds. The Morgan fingerprint density at radius 2 is 1.76 bits per heavy atom. The summed E-state index contributed by atoms with van der Waals surface area (Å²) < 4.78 is 26.8. The van der Waals surface area contributed by atoms with Gasteiger partial charge in [-0.15, -0.1) is 0 Å². The Bertz CT molecular complexity index is 1160. The van der Waals surface area contributed by atoms with E-state index in [4.69, 9.17) is 0 Å². The number of hydrogen-bond acceptors (Lipinski definition) is 3. The fourth-order valence-electron chi connectivity index (χ4n) is 4.62. The minimum atomic E-state index is -0.965. The van der Waals surface area contributed by atoms with Crippen LogP contribution in [0.1, 0.15) is 62.1 Å². The van der Waals surface area contributed by atoms with Crippen LogP contribution in [0, 0.1) is 11.6 Å². The zero-order chi connectivity index (χ0) is 24.4. The molecule has 8 heteroatoms. The van der Waals surface area contributed by atoms with Gasteiger partial charge < -0.3 is 5.32 Å². The Labute approximate surface area is 197 Å². The smallest absolute Gasteiger partial charge is 0.261 e. The van der Waals surface area contributed by atoms with Gasteiger partial charge in [0.2, 0.25) is 5.91 Å². The second-order valence-electron chi connectivity index (χ2n) is 8.83. The van der Waals surface area contributed by atoms with Gasteiger partial charge in [-0.05, 0) is 73.9 Å². The fraction of sp³-hybridized carbons (Fsp3) is 0.346. The van der Waals surface area contributed by atoms with Gasteiger partial charge in [-0.1, -0.05) is 24.3 Å². The number of carbonyl (C=O) groups excluding carboxylic acids is 3. The van der Waals surface area contributed by atoms with Gasteiger partial charge in [-0.2, -0.15) is 0 Å². The first-order valence-corrected chi connectivity index (χ1v) is 11.4. The average molecular weight is 468 g/mol. The maximum Gasteiger partial charge on any atom is 0.261 e. The summed E-state index contributed by atoms with van der Waals surface area (Å²) in [5, 5.41) is 3.89. The van der Waals surface area contributed by atoms with Gasteiger partial charge in [-0.25, -0.2) is 13.8 Å². The molecule has 34 heavy (non-hydrogen) atoms. The van der Waals surface area contributed by atoms with E-state index < -0.39 is 35.4 Å². The van der Waals surface area contributed by atoms with E-state index in [-0.39, 0.29) is 17.9 Å². The quantitative estimate of drug-likeness (QED) is 0.699. The van der Waals surface area contributed by atoms with Crippen LogP contribution in [0.3, 0.4) is 0 Å². The Morgan fingerprint density at radius 1 is 1.09 bits per heavy atom. The number of hydrogen-bond donors (Lipinski definition) is 2. The summed E-state index contributed by atoms with van der Waals surface area (Å²) in [4.78, 5) is 38.7. The number of halogens is 2. The summed E-state index contributed by atoms with van der Waals surface area (Å²) in [6.45, 7) is 3.32. The van der Waals surface area contributed by atoms with Gasteiger partial charge >= 0.3 is 0 Å². The van der Waals surface area contributed by atoms with Crippen LogP contribution in [0.25, 0.3) is 5.57 Å². The highest BCUT2D eigenvalue weighted by Crippen LogP contribution is 2.40. The molecule has 4 rings (SSSR count). The van der Waals surface area contributed by atoms with Gasteiger partial charge in [0.15, 0.2) is 0 Å². The van der Waals surface area contributed by atoms with Crippen molar-refractivity contribution in [1.29, 1.82) is 0 Å². The lowest BCUT2D eigenvalue weighted by molar-refractivity contribution is -0.141. The van der Waals surface area contributed by atoms with E-state index in [1.807, 2.05) is 31.2 Å². The summed E-state index contributed by atoms with van der Waals surface area (Å²) in [6.07, 6.45) is 3.11. The molecule has 1 aliphatic carbocycles. The molecule has 0 aromatic heterocycles. The van der Waals surface area contributed by atoms with Crippen LogP contribution in [0.5, 0.6) is 0 Å². The molecule has 2 aliphatic rings. The molecule has 0 saturated carbocycles. The number of allylic oxidation sites excluding steroid dienone is 2. The fourth-order valence-corrected chi connectivity index (χ4v) is 4.62. The third-order valence-corrected chi connectivity index (χ3v) is 6.33. The zero-order valence-corrected chi connectivity index (χ0v) is 19.2. The van der Waals surface area contributed by atoms with Crippen molar-refractivity contribution in [3.63, 3.8) is 0 Å². The minimum Gasteiger partial charge on any atom is -0.344 e. The van der Waals surface area contributed by atoms with Crippen LogP contribution >= 0.6 is 0 Å². The Hall–Kier alpha value is -3.55. The van der Waals surface area contributed by atoms with Crippen LogP contribution in [0.2, 0.25) is 0 Å². The molecule has 0 bridgehead atoms. The summed E-state index contributed by atoms with van der Waals surface area (Å²) in [5.41, 5.74) is 6.69. The highest BCUT2D eigenvalue weighted by molar-refractivity contribution is 5.94. The third-order valence-electron chi connectivity index (χ3n) is 6.33. The maximum absolute atomic E-state index is 13.4. The van der Waals surface area contributed by atoms with Crippen molar-refractivity contribution in [3.8, 4) is 0 Å². The van der Waals surface area contributed by atoms with Crippen LogP contribution < -0.4 is 10.7 Å². The summed E-state index contributed by atoms with van der Waals surface area (Å²) in [5.74, 6) is -3.35. The number of benzene rings is 2. The number of carbonyl (C=O) groups is 3. The molecule has 2 aromatic carbocycles. The first-order valence-electron chi connectivity index (χ1n) is 11.4. The lowest BCUT2D eigenvalue weighted by Crippen LogP contribution is -2.53. The summed E-state index contributed by atoms with van der Waals surface area (Å²) in [7, 11) is 0. The normalized spacial score (nSPS) is 18.5. The molecule has 1 aliphatic heterocycles. The van der Waals surface area contributed by atoms with Crippen molar-refractivity contribution in [2.24, 2.45) is 0 Å². The topological polar surface area (TPSA) is 78.5 Å². The van der Waals surface area contributed by atoms with E-state index in [2.05, 4.69) is 10.7 Å². The molecule has 0 fully saturated rings. The molecular weight excluding hydrogens is 440 g/mol. The van der Waals surface area contributed by atoms with E-state index in [0.717, 1.165) is 59.9 Å². The number of rotatable bonds is 5. The average Bonchev–Trinajstić information content (AvgIpc) is 2.88. The highest BCUT2D eigenvalue weighted by Gasteiger charge is 2.35. The number of nitrogens with one attached hydrogen (secondary N) is 2. The molecule has 2 atom stereocenters. The number of hydrazine groups is 1. The number of fused-ring (bicyclic) bond motifs is 2. The monoisotopic (exact) mass is 467 g/mol. The SMILES string of the molecule is CC1C(=O)N(NC(=O)[C@H](C)NC(=O)Cc2cc(F)cc(F)c2)C2=C(CCCC2)c2ccccc21. The second kappa shape index (κ2) is 9.75. The molecule has 0 saturated heterocycles. The molecule has 1 heterocycles. The molecule has 2 aromatic rings. The first-order chi connectivity index (χ1) is 16.2. The van der Waals surface area contributed by atoms with E-state index in [1.54, 1.807) is 0 Å². The second-order valence-corrected chi connectivity index (χ2v) is 8.83. The third kappa shape index (κ3) is 4.85. The Kier molecular flexibility index (Phi) is 6.77. The van der Waals surface area contributed by atoms with Gasteiger partial charge in [0.05, 0.1) is 12.3 Å². The standard InChI is InChI=1S/C26H27F2N3O3/c1-15-20-7-3-4-8-21(20)22-9-5-6-10-23(22)31(26(15)34)30-25(33)16(2)29-24(32)13-17-11-18(27)14-19(28)12-17/h3-4,7-8,11-12,14-16H,5-6,9-10,13H2,1-2H3,(H,29,32)(H,30,33)/t15?,16-/m0/s1. The predicted octanol–water partition coefficient (Wildman–Crippen LogP) is 3.97. The Balaban J connectivity index is 1.50. The lowest BCUT2D eigenvalue weighted by atomic mass is 9.87. The Morgan fingerprint density at radius 3 is 2.50 bits per heavy atom.